The van der Waals surface area contributed by atoms with Crippen LogP contribution in [0, 0.1) is 0 Å². The molecule has 2 aromatic heterocycles. The van der Waals surface area contributed by atoms with Crippen LogP contribution in [0.2, 0.25) is 0 Å². The van der Waals surface area contributed by atoms with Gasteiger partial charge >= 0.3 is 0 Å². The van der Waals surface area contributed by atoms with Crippen LogP contribution in [0.15, 0.2) is 24.7 Å². The highest BCUT2D eigenvalue weighted by Crippen LogP contribution is 2.19. The lowest BCUT2D eigenvalue weighted by atomic mass is 10.2. The van der Waals surface area contributed by atoms with Gasteiger partial charge in [-0.15, -0.1) is 0 Å². The summed E-state index contributed by atoms with van der Waals surface area (Å²) in [7, 11) is 0. The molecule has 1 atom stereocenters. The molecule has 0 bridgehead atoms. The Morgan fingerprint density at radius 1 is 1.47 bits per heavy atom. The Morgan fingerprint density at radius 3 is 3.24 bits per heavy atom. The number of aliphatic hydroxyl groups is 1. The van der Waals surface area contributed by atoms with Crippen molar-refractivity contribution in [3.63, 3.8) is 0 Å². The van der Waals surface area contributed by atoms with Gasteiger partial charge in [0.05, 0.1) is 12.3 Å². The van der Waals surface area contributed by atoms with Gasteiger partial charge in [0.25, 0.3) is 0 Å². The van der Waals surface area contributed by atoms with Crippen molar-refractivity contribution in [3.05, 3.63) is 30.4 Å². The Morgan fingerprint density at radius 2 is 2.41 bits per heavy atom. The molecule has 0 amide bonds. The minimum atomic E-state index is 0.242. The summed E-state index contributed by atoms with van der Waals surface area (Å²) in [5.74, 6) is 0.738. The second-order valence-electron chi connectivity index (χ2n) is 4.51. The summed E-state index contributed by atoms with van der Waals surface area (Å²) >= 11 is 0. The fourth-order valence-electron chi connectivity index (χ4n) is 2.47. The lowest BCUT2D eigenvalue weighted by Crippen LogP contribution is -2.31. The summed E-state index contributed by atoms with van der Waals surface area (Å²) in [4.78, 5) is 11.0. The highest BCUT2D eigenvalue weighted by Gasteiger charge is 2.24. The van der Waals surface area contributed by atoms with E-state index in [1.165, 1.54) is 0 Å². The summed E-state index contributed by atoms with van der Waals surface area (Å²) in [6.45, 7) is 2.09. The largest absolute Gasteiger partial charge is 0.395 e. The maximum atomic E-state index is 9.27. The van der Waals surface area contributed by atoms with E-state index in [9.17, 15) is 5.11 Å². The summed E-state index contributed by atoms with van der Waals surface area (Å²) in [5, 5.41) is 9.27. The van der Waals surface area contributed by atoms with Crippen molar-refractivity contribution in [2.24, 2.45) is 0 Å². The molecule has 1 aliphatic rings. The predicted molar refractivity (Wildman–Crippen MR) is 63.5 cm³/mol. The fraction of sp³-hybridized carbons (Fsp3) is 0.500. The van der Waals surface area contributed by atoms with Crippen molar-refractivity contribution in [2.45, 2.75) is 25.4 Å². The van der Waals surface area contributed by atoms with Crippen molar-refractivity contribution in [1.29, 1.82) is 0 Å². The van der Waals surface area contributed by atoms with E-state index in [2.05, 4.69) is 14.9 Å². The summed E-state index contributed by atoms with van der Waals surface area (Å²) in [5.41, 5.74) is 1.02. The van der Waals surface area contributed by atoms with Crippen LogP contribution < -0.4 is 0 Å². The zero-order valence-corrected chi connectivity index (χ0v) is 9.66. The molecule has 0 saturated carbocycles. The summed E-state index contributed by atoms with van der Waals surface area (Å²) < 4.78 is 1.93. The number of nitrogens with zero attached hydrogens (tertiary/aromatic N) is 4. The number of fused-ring (bicyclic) bond motifs is 1. The van der Waals surface area contributed by atoms with Crippen LogP contribution in [0.5, 0.6) is 0 Å². The van der Waals surface area contributed by atoms with Crippen LogP contribution >= 0.6 is 0 Å². The van der Waals surface area contributed by atoms with Gasteiger partial charge in [0, 0.05) is 31.2 Å². The fourth-order valence-corrected chi connectivity index (χ4v) is 2.47. The quantitative estimate of drug-likeness (QED) is 0.845. The first kappa shape index (κ1) is 10.7. The average Bonchev–Trinajstić information content (AvgIpc) is 2.94. The number of hydrogen-bond donors (Lipinski definition) is 1. The SMILES string of the molecule is OCC1CCCN1Cc1cn2cccnc2n1. The normalized spacial score (nSPS) is 21.4. The van der Waals surface area contributed by atoms with E-state index < -0.39 is 0 Å². The van der Waals surface area contributed by atoms with E-state index in [1.54, 1.807) is 6.20 Å². The van der Waals surface area contributed by atoms with Gasteiger partial charge < -0.3 is 5.11 Å². The van der Waals surface area contributed by atoms with E-state index in [0.29, 0.717) is 6.04 Å². The first-order valence-corrected chi connectivity index (χ1v) is 6.00. The van der Waals surface area contributed by atoms with Crippen LogP contribution in [0.25, 0.3) is 5.78 Å². The van der Waals surface area contributed by atoms with Crippen molar-refractivity contribution in [1.82, 2.24) is 19.3 Å². The topological polar surface area (TPSA) is 53.7 Å². The van der Waals surface area contributed by atoms with Crippen molar-refractivity contribution in [2.75, 3.05) is 13.2 Å². The minimum Gasteiger partial charge on any atom is -0.395 e. The van der Waals surface area contributed by atoms with Gasteiger partial charge in [-0.1, -0.05) is 0 Å². The van der Waals surface area contributed by atoms with Gasteiger partial charge in [0.2, 0.25) is 5.78 Å². The average molecular weight is 232 g/mol. The molecule has 5 heteroatoms. The van der Waals surface area contributed by atoms with E-state index in [0.717, 1.165) is 37.4 Å². The lowest BCUT2D eigenvalue weighted by Gasteiger charge is -2.21. The van der Waals surface area contributed by atoms with Gasteiger partial charge in [-0.3, -0.25) is 9.30 Å². The molecular formula is C12H16N4O. The Hall–Kier alpha value is -1.46. The monoisotopic (exact) mass is 232 g/mol. The number of imidazole rings is 1. The zero-order chi connectivity index (χ0) is 11.7. The third-order valence-corrected chi connectivity index (χ3v) is 3.36. The molecule has 0 radical (unpaired) electrons. The molecule has 3 heterocycles. The van der Waals surface area contributed by atoms with Gasteiger partial charge in [0.15, 0.2) is 0 Å². The summed E-state index contributed by atoms with van der Waals surface area (Å²) in [6, 6.07) is 2.19. The molecule has 1 unspecified atom stereocenters. The molecule has 1 N–H and O–H groups in total. The van der Waals surface area contributed by atoms with Gasteiger partial charge in [-0.2, -0.15) is 0 Å². The predicted octanol–water partition coefficient (Wildman–Crippen LogP) is 0.686. The highest BCUT2D eigenvalue weighted by molar-refractivity contribution is 5.29. The molecule has 17 heavy (non-hydrogen) atoms. The first-order chi connectivity index (χ1) is 8.36. The van der Waals surface area contributed by atoms with Crippen molar-refractivity contribution < 1.29 is 5.11 Å². The smallest absolute Gasteiger partial charge is 0.233 e. The lowest BCUT2D eigenvalue weighted by molar-refractivity contribution is 0.152. The van der Waals surface area contributed by atoms with Gasteiger partial charge in [-0.25, -0.2) is 9.97 Å². The molecule has 0 aromatic carbocycles. The van der Waals surface area contributed by atoms with Crippen molar-refractivity contribution in [3.8, 4) is 0 Å². The van der Waals surface area contributed by atoms with Crippen LogP contribution in [-0.2, 0) is 6.54 Å². The molecular weight excluding hydrogens is 216 g/mol. The van der Waals surface area contributed by atoms with Crippen LogP contribution in [-0.4, -0.2) is 43.6 Å². The first-order valence-electron chi connectivity index (χ1n) is 6.00. The van der Waals surface area contributed by atoms with E-state index >= 15 is 0 Å². The number of likely N-dealkylation sites (tertiary alicyclic amines) is 1. The molecule has 5 nitrogen and oxygen atoms in total. The number of hydrogen-bond acceptors (Lipinski definition) is 4. The second kappa shape index (κ2) is 4.43. The maximum Gasteiger partial charge on any atom is 0.233 e. The Balaban J connectivity index is 1.80. The van der Waals surface area contributed by atoms with Gasteiger partial charge in [0.1, 0.15) is 0 Å². The third-order valence-electron chi connectivity index (χ3n) is 3.36. The molecule has 2 aromatic rings. The molecule has 0 aliphatic carbocycles. The third kappa shape index (κ3) is 2.03. The molecule has 3 rings (SSSR count). The molecule has 1 fully saturated rings. The molecule has 1 saturated heterocycles. The Kier molecular flexibility index (Phi) is 2.78. The number of aliphatic hydroxyl groups excluding tert-OH is 1. The summed E-state index contributed by atoms with van der Waals surface area (Å²) in [6.07, 6.45) is 7.96. The van der Waals surface area contributed by atoms with Crippen LogP contribution in [0.1, 0.15) is 18.5 Å². The molecule has 90 valence electrons. The highest BCUT2D eigenvalue weighted by atomic mass is 16.3. The number of rotatable bonds is 3. The Bertz CT molecular complexity index is 477. The van der Waals surface area contributed by atoms with Gasteiger partial charge in [-0.05, 0) is 25.5 Å². The van der Waals surface area contributed by atoms with E-state index in [4.69, 9.17) is 0 Å². The second-order valence-corrected chi connectivity index (χ2v) is 4.51. The van der Waals surface area contributed by atoms with Crippen LogP contribution in [0.4, 0.5) is 0 Å². The van der Waals surface area contributed by atoms with E-state index in [1.807, 2.05) is 22.9 Å². The Labute approximate surface area is 99.7 Å². The number of aromatic nitrogens is 3. The molecule has 0 spiro atoms. The van der Waals surface area contributed by atoms with E-state index in [-0.39, 0.29) is 6.61 Å². The molecule has 1 aliphatic heterocycles. The minimum absolute atomic E-state index is 0.242. The maximum absolute atomic E-state index is 9.27. The van der Waals surface area contributed by atoms with Crippen LogP contribution in [0.3, 0.4) is 0 Å². The van der Waals surface area contributed by atoms with Crippen molar-refractivity contribution >= 4 is 5.78 Å². The zero-order valence-electron chi connectivity index (χ0n) is 9.66. The standard InChI is InChI=1S/C12H16N4O/c17-9-11-3-1-5-15(11)7-10-8-16-6-2-4-13-12(16)14-10/h2,4,6,8,11,17H,1,3,5,7,9H2.